The van der Waals surface area contributed by atoms with Crippen LogP contribution in [-0.2, 0) is 6.18 Å². The average Bonchev–Trinajstić information content (AvgIpc) is 3.38. The quantitative estimate of drug-likeness (QED) is 0.487. The van der Waals surface area contributed by atoms with Crippen LogP contribution in [0.1, 0.15) is 16.2 Å². The van der Waals surface area contributed by atoms with Crippen LogP contribution in [0.5, 0.6) is 0 Å². The van der Waals surface area contributed by atoms with Crippen molar-refractivity contribution in [2.45, 2.75) is 6.18 Å². The lowest BCUT2D eigenvalue weighted by Crippen LogP contribution is -2.21. The van der Waals surface area contributed by atoms with Crippen LogP contribution in [0.3, 0.4) is 0 Å². The van der Waals surface area contributed by atoms with Gasteiger partial charge in [0.25, 0.3) is 5.91 Å². The van der Waals surface area contributed by atoms with Gasteiger partial charge in [0.2, 0.25) is 0 Å². The van der Waals surface area contributed by atoms with E-state index >= 15 is 0 Å². The molecule has 0 aliphatic heterocycles. The molecule has 0 saturated carbocycles. The number of nitrogens with zero attached hydrogens (tertiary/aromatic N) is 5. The minimum atomic E-state index is -4.95. The highest BCUT2D eigenvalue weighted by Crippen LogP contribution is 2.33. The first-order valence-electron chi connectivity index (χ1n) is 8.30. The Morgan fingerprint density at radius 1 is 1.07 bits per heavy atom. The number of rotatable bonds is 4. The van der Waals surface area contributed by atoms with Crippen LogP contribution in [0.4, 0.5) is 23.2 Å². The van der Waals surface area contributed by atoms with Crippen LogP contribution in [0, 0.1) is 5.82 Å². The van der Waals surface area contributed by atoms with E-state index in [1.807, 2.05) is 0 Å². The molecule has 0 aliphatic carbocycles. The Morgan fingerprint density at radius 3 is 2.47 bits per heavy atom. The Kier molecular flexibility index (Phi) is 4.99. The summed E-state index contributed by atoms with van der Waals surface area (Å²) in [5.74, 6) is -1.86. The molecule has 0 saturated heterocycles. The topological polar surface area (TPSA) is 85.6 Å². The number of hydrogen-bond donors (Lipinski definition) is 1. The van der Waals surface area contributed by atoms with Gasteiger partial charge in [-0.1, -0.05) is 27.9 Å². The van der Waals surface area contributed by atoms with Gasteiger partial charge >= 0.3 is 6.18 Å². The van der Waals surface area contributed by atoms with E-state index in [2.05, 4.69) is 25.2 Å². The summed E-state index contributed by atoms with van der Waals surface area (Å²) in [5.41, 5.74) is -0.934. The lowest BCUT2D eigenvalue weighted by Gasteiger charge is -2.11. The summed E-state index contributed by atoms with van der Waals surface area (Å²) < 4.78 is 58.5. The number of amides is 1. The molecule has 4 rings (SSSR count). The molecule has 30 heavy (non-hydrogen) atoms. The SMILES string of the molecule is O=C(Nc1ccc(-c2csnn2)cc1)c1nnn(-c2cccc(F)c2)c1C(F)(F)F. The molecule has 7 nitrogen and oxygen atoms in total. The maximum absolute atomic E-state index is 13.7. The smallest absolute Gasteiger partial charge is 0.321 e. The van der Waals surface area contributed by atoms with Gasteiger partial charge in [0, 0.05) is 16.6 Å². The van der Waals surface area contributed by atoms with Crippen molar-refractivity contribution in [3.05, 3.63) is 71.1 Å². The van der Waals surface area contributed by atoms with Gasteiger partial charge in [0.1, 0.15) is 11.5 Å². The van der Waals surface area contributed by atoms with Gasteiger partial charge in [-0.3, -0.25) is 4.79 Å². The van der Waals surface area contributed by atoms with Gasteiger partial charge in [-0.2, -0.15) is 13.2 Å². The highest BCUT2D eigenvalue weighted by Gasteiger charge is 2.42. The largest absolute Gasteiger partial charge is 0.435 e. The van der Waals surface area contributed by atoms with Crippen molar-refractivity contribution in [3.63, 3.8) is 0 Å². The summed E-state index contributed by atoms with van der Waals surface area (Å²) >= 11 is 1.17. The third-order valence-corrected chi connectivity index (χ3v) is 4.51. The maximum Gasteiger partial charge on any atom is 0.435 e. The molecule has 4 aromatic rings. The van der Waals surface area contributed by atoms with E-state index in [0.717, 1.165) is 17.7 Å². The number of aromatic nitrogens is 5. The highest BCUT2D eigenvalue weighted by molar-refractivity contribution is 7.03. The van der Waals surface area contributed by atoms with Gasteiger partial charge in [-0.25, -0.2) is 9.07 Å². The van der Waals surface area contributed by atoms with E-state index in [0.29, 0.717) is 10.4 Å². The van der Waals surface area contributed by atoms with E-state index in [1.54, 1.807) is 17.5 Å². The van der Waals surface area contributed by atoms with E-state index in [1.165, 1.54) is 35.8 Å². The first kappa shape index (κ1) is 19.6. The predicted molar refractivity (Wildman–Crippen MR) is 99.6 cm³/mol. The zero-order chi connectivity index (χ0) is 21.3. The Hall–Kier alpha value is -3.67. The minimum Gasteiger partial charge on any atom is -0.321 e. The number of nitrogens with one attached hydrogen (secondary N) is 1. The summed E-state index contributed by atoms with van der Waals surface area (Å²) in [4.78, 5) is 12.5. The number of carbonyl (C=O) groups is 1. The molecule has 12 heteroatoms. The summed E-state index contributed by atoms with van der Waals surface area (Å²) in [7, 11) is 0. The van der Waals surface area contributed by atoms with Gasteiger partial charge in [0.05, 0.1) is 5.69 Å². The molecule has 0 fully saturated rings. The van der Waals surface area contributed by atoms with Crippen molar-refractivity contribution in [3.8, 4) is 16.9 Å². The molecule has 2 heterocycles. The number of hydrogen-bond acceptors (Lipinski definition) is 6. The second kappa shape index (κ2) is 7.63. The maximum atomic E-state index is 13.7. The second-order valence-corrected chi connectivity index (χ2v) is 6.61. The van der Waals surface area contributed by atoms with E-state index in [-0.39, 0.29) is 11.4 Å². The standard InChI is InChI=1S/C18H10F4N6OS/c19-11-2-1-3-13(8-11)28-16(18(20,21)22)15(25-26-28)17(29)23-12-6-4-10(5-7-12)14-9-30-27-24-14/h1-9H,(H,23,29). The molecule has 1 N–H and O–H groups in total. The first-order chi connectivity index (χ1) is 14.3. The lowest BCUT2D eigenvalue weighted by molar-refractivity contribution is -0.143. The van der Waals surface area contributed by atoms with Gasteiger partial charge in [0.15, 0.2) is 11.4 Å². The molecule has 0 spiro atoms. The molecule has 0 bridgehead atoms. The molecule has 1 amide bonds. The van der Waals surface area contributed by atoms with Crippen molar-refractivity contribution in [1.82, 2.24) is 24.6 Å². The summed E-state index contributed by atoms with van der Waals surface area (Å²) in [5, 5.41) is 14.8. The summed E-state index contributed by atoms with van der Waals surface area (Å²) in [6.45, 7) is 0. The fourth-order valence-corrected chi connectivity index (χ4v) is 3.15. The van der Waals surface area contributed by atoms with Crippen molar-refractivity contribution in [2.24, 2.45) is 0 Å². The zero-order valence-corrected chi connectivity index (χ0v) is 15.6. The molecule has 2 aromatic heterocycles. The molecule has 152 valence electrons. The van der Waals surface area contributed by atoms with Crippen molar-refractivity contribution in [2.75, 3.05) is 5.32 Å². The summed E-state index contributed by atoms with van der Waals surface area (Å²) in [6, 6.07) is 10.7. The fourth-order valence-electron chi connectivity index (χ4n) is 2.68. The highest BCUT2D eigenvalue weighted by atomic mass is 32.1. The van der Waals surface area contributed by atoms with E-state index < -0.39 is 29.3 Å². The monoisotopic (exact) mass is 434 g/mol. The lowest BCUT2D eigenvalue weighted by atomic mass is 10.1. The van der Waals surface area contributed by atoms with Gasteiger partial charge in [-0.15, -0.1) is 10.2 Å². The third kappa shape index (κ3) is 3.89. The van der Waals surface area contributed by atoms with Crippen LogP contribution in [-0.4, -0.2) is 30.5 Å². The van der Waals surface area contributed by atoms with Crippen LogP contribution >= 0.6 is 11.5 Å². The molecule has 2 aromatic carbocycles. The predicted octanol–water partition coefficient (Wildman–Crippen LogP) is 4.20. The number of carbonyl (C=O) groups excluding carboxylic acids is 1. The number of benzene rings is 2. The number of alkyl halides is 3. The van der Waals surface area contributed by atoms with E-state index in [4.69, 9.17) is 0 Å². The third-order valence-electron chi connectivity index (χ3n) is 4.01. The molecule has 0 atom stereocenters. The Morgan fingerprint density at radius 2 is 1.83 bits per heavy atom. The molecule has 0 unspecified atom stereocenters. The Labute approximate surface area is 170 Å². The fraction of sp³-hybridized carbons (Fsp3) is 0.0556. The average molecular weight is 434 g/mol. The molecular weight excluding hydrogens is 424 g/mol. The second-order valence-electron chi connectivity index (χ2n) is 6.00. The van der Waals surface area contributed by atoms with Crippen LogP contribution < -0.4 is 5.32 Å². The van der Waals surface area contributed by atoms with Crippen molar-refractivity contribution in [1.29, 1.82) is 0 Å². The Bertz CT molecular complexity index is 1190. The van der Waals surface area contributed by atoms with Crippen LogP contribution in [0.25, 0.3) is 16.9 Å². The molecule has 0 radical (unpaired) electrons. The van der Waals surface area contributed by atoms with Crippen LogP contribution in [0.2, 0.25) is 0 Å². The van der Waals surface area contributed by atoms with Crippen molar-refractivity contribution >= 4 is 23.1 Å². The van der Waals surface area contributed by atoms with E-state index in [9.17, 15) is 22.4 Å². The molecule has 0 aliphatic rings. The summed E-state index contributed by atoms with van der Waals surface area (Å²) in [6.07, 6.45) is -4.95. The molecular formula is C18H10F4N6OS. The number of halogens is 4. The van der Waals surface area contributed by atoms with Crippen LogP contribution in [0.15, 0.2) is 53.9 Å². The normalized spacial score (nSPS) is 11.5. The van der Waals surface area contributed by atoms with Crippen molar-refractivity contribution < 1.29 is 22.4 Å². The van der Waals surface area contributed by atoms with Gasteiger partial charge < -0.3 is 5.32 Å². The first-order valence-corrected chi connectivity index (χ1v) is 9.14. The van der Waals surface area contributed by atoms with Gasteiger partial charge in [-0.05, 0) is 41.9 Å². The Balaban J connectivity index is 1.64. The number of anilines is 1. The zero-order valence-electron chi connectivity index (χ0n) is 14.8. The minimum absolute atomic E-state index is 0.213.